The van der Waals surface area contributed by atoms with Gasteiger partial charge in [-0.1, -0.05) is 26.0 Å². The van der Waals surface area contributed by atoms with E-state index in [4.69, 9.17) is 9.47 Å². The van der Waals surface area contributed by atoms with E-state index in [2.05, 4.69) is 57.0 Å². The first-order valence-electron chi connectivity index (χ1n) is 7.44. The lowest BCUT2D eigenvalue weighted by Gasteiger charge is -2.17. The van der Waals surface area contributed by atoms with Gasteiger partial charge in [0.2, 0.25) is 5.88 Å². The van der Waals surface area contributed by atoms with Crippen LogP contribution in [0.5, 0.6) is 17.6 Å². The van der Waals surface area contributed by atoms with E-state index in [-0.39, 0.29) is 11.4 Å². The third kappa shape index (κ3) is 3.48. The highest BCUT2D eigenvalue weighted by atomic mass is 79.9. The lowest BCUT2D eigenvalue weighted by atomic mass is 9.97. The summed E-state index contributed by atoms with van der Waals surface area (Å²) in [6.07, 6.45) is 1.58. The zero-order chi connectivity index (χ0) is 17.3. The van der Waals surface area contributed by atoms with Gasteiger partial charge in [0.25, 0.3) is 0 Å². The van der Waals surface area contributed by atoms with Gasteiger partial charge < -0.3 is 9.47 Å². The molecule has 0 bridgehead atoms. The summed E-state index contributed by atoms with van der Waals surface area (Å²) < 4.78 is 13.4. The topological polar surface area (TPSA) is 75.0 Å². The zero-order valence-corrected chi connectivity index (χ0v) is 15.5. The molecule has 0 saturated heterocycles. The van der Waals surface area contributed by atoms with E-state index in [0.717, 1.165) is 17.6 Å². The van der Waals surface area contributed by atoms with Gasteiger partial charge in [0, 0.05) is 18.8 Å². The molecule has 3 aromatic rings. The summed E-state index contributed by atoms with van der Waals surface area (Å²) in [5, 5.41) is 8.51. The van der Waals surface area contributed by atoms with Gasteiger partial charge in [-0.3, -0.25) is 0 Å². The Morgan fingerprint density at radius 2 is 2.00 bits per heavy atom. The van der Waals surface area contributed by atoms with Crippen LogP contribution in [0.25, 0.3) is 11.0 Å². The minimum absolute atomic E-state index is 0.108. The fourth-order valence-electron chi connectivity index (χ4n) is 2.22. The van der Waals surface area contributed by atoms with Gasteiger partial charge in [0.05, 0.1) is 17.1 Å². The Morgan fingerprint density at radius 1 is 1.21 bits per heavy atom. The quantitative estimate of drug-likeness (QED) is 0.672. The van der Waals surface area contributed by atoms with Crippen molar-refractivity contribution >= 4 is 27.0 Å². The molecule has 0 aliphatic heterocycles. The molecule has 0 aliphatic carbocycles. The molecule has 0 fully saturated rings. The molecule has 126 valence electrons. The average molecular weight is 392 g/mol. The van der Waals surface area contributed by atoms with Crippen molar-refractivity contribution in [2.75, 3.05) is 7.11 Å². The van der Waals surface area contributed by atoms with Gasteiger partial charge in [-0.2, -0.15) is 4.98 Å². The highest BCUT2D eigenvalue weighted by Gasteiger charge is 2.18. The van der Waals surface area contributed by atoms with E-state index in [1.807, 2.05) is 16.8 Å². The highest BCUT2D eigenvalue weighted by molar-refractivity contribution is 9.10. The largest absolute Gasteiger partial charge is 0.481 e. The number of nitrogens with zero attached hydrogens (tertiary/aromatic N) is 5. The van der Waals surface area contributed by atoms with Crippen molar-refractivity contribution in [1.82, 2.24) is 25.0 Å². The molecular weight excluding hydrogens is 374 g/mol. The molecule has 2 heterocycles. The van der Waals surface area contributed by atoms with Crippen LogP contribution >= 0.6 is 15.9 Å². The maximum atomic E-state index is 5.74. The molecule has 0 N–H and O–H groups in total. The molecule has 0 aliphatic rings. The smallest absolute Gasteiger partial charge is 0.325 e. The molecule has 0 spiro atoms. The molecular formula is C16H18BrN5O2. The highest BCUT2D eigenvalue weighted by Crippen LogP contribution is 2.34. The summed E-state index contributed by atoms with van der Waals surface area (Å²) in [6, 6.07) is 5.64. The van der Waals surface area contributed by atoms with E-state index in [9.17, 15) is 0 Å². The Morgan fingerprint density at radius 3 is 2.71 bits per heavy atom. The van der Waals surface area contributed by atoms with Crippen LogP contribution in [-0.2, 0) is 6.54 Å². The number of methoxy groups -OCH3 is 1. The average Bonchev–Trinajstić information content (AvgIpc) is 2.92. The second-order valence-corrected chi connectivity index (χ2v) is 7.33. The Balaban J connectivity index is 1.94. The van der Waals surface area contributed by atoms with Crippen molar-refractivity contribution in [1.29, 1.82) is 0 Å². The SMILES string of the molecule is COc1ccnc(Oc2ccc3c(nnn3CC(C)(C)C)c2Br)n1. The van der Waals surface area contributed by atoms with Crippen molar-refractivity contribution in [2.45, 2.75) is 27.3 Å². The molecule has 0 atom stereocenters. The molecule has 0 saturated carbocycles. The monoisotopic (exact) mass is 391 g/mol. The number of benzene rings is 1. The van der Waals surface area contributed by atoms with Gasteiger partial charge in [-0.25, -0.2) is 9.67 Å². The van der Waals surface area contributed by atoms with E-state index < -0.39 is 0 Å². The van der Waals surface area contributed by atoms with Gasteiger partial charge >= 0.3 is 6.01 Å². The fourth-order valence-corrected chi connectivity index (χ4v) is 2.71. The Hall–Kier alpha value is -2.22. The van der Waals surface area contributed by atoms with Crippen LogP contribution in [0.15, 0.2) is 28.9 Å². The summed E-state index contributed by atoms with van der Waals surface area (Å²) in [6.45, 7) is 7.25. The van der Waals surface area contributed by atoms with Crippen LogP contribution < -0.4 is 9.47 Å². The summed E-state index contributed by atoms with van der Waals surface area (Å²) >= 11 is 3.54. The van der Waals surface area contributed by atoms with Crippen molar-refractivity contribution in [3.8, 4) is 17.6 Å². The number of hydrogen-bond donors (Lipinski definition) is 0. The van der Waals surface area contributed by atoms with Gasteiger partial charge in [-0.05, 0) is 33.5 Å². The minimum atomic E-state index is 0.108. The second kappa shape index (κ2) is 6.35. The number of hydrogen-bond acceptors (Lipinski definition) is 6. The predicted molar refractivity (Wildman–Crippen MR) is 93.3 cm³/mol. The molecule has 0 radical (unpaired) electrons. The van der Waals surface area contributed by atoms with Crippen LogP contribution in [0.2, 0.25) is 0 Å². The summed E-state index contributed by atoms with van der Waals surface area (Å²) in [4.78, 5) is 8.23. The maximum Gasteiger partial charge on any atom is 0.325 e. The summed E-state index contributed by atoms with van der Waals surface area (Å²) in [5.74, 6) is 1.01. The third-order valence-electron chi connectivity index (χ3n) is 3.23. The predicted octanol–water partition coefficient (Wildman–Crippen LogP) is 3.83. The Kier molecular flexibility index (Phi) is 4.40. The van der Waals surface area contributed by atoms with E-state index in [1.54, 1.807) is 19.4 Å². The van der Waals surface area contributed by atoms with E-state index in [0.29, 0.717) is 16.1 Å². The number of ether oxygens (including phenoxy) is 2. The van der Waals surface area contributed by atoms with Crippen LogP contribution in [-0.4, -0.2) is 32.1 Å². The summed E-state index contributed by atoms with van der Waals surface area (Å²) in [7, 11) is 1.54. The van der Waals surface area contributed by atoms with Gasteiger partial charge in [0.15, 0.2) is 0 Å². The van der Waals surface area contributed by atoms with Crippen molar-refractivity contribution < 1.29 is 9.47 Å². The molecule has 8 heteroatoms. The third-order valence-corrected chi connectivity index (χ3v) is 4.00. The molecule has 24 heavy (non-hydrogen) atoms. The lowest BCUT2D eigenvalue weighted by molar-refractivity contribution is 0.327. The first-order chi connectivity index (χ1) is 11.4. The zero-order valence-electron chi connectivity index (χ0n) is 13.9. The van der Waals surface area contributed by atoms with Crippen LogP contribution in [0.3, 0.4) is 0 Å². The number of rotatable bonds is 4. The summed E-state index contributed by atoms with van der Waals surface area (Å²) in [5.41, 5.74) is 1.78. The van der Waals surface area contributed by atoms with Crippen LogP contribution in [0.4, 0.5) is 0 Å². The minimum Gasteiger partial charge on any atom is -0.481 e. The molecule has 0 unspecified atom stereocenters. The Bertz CT molecular complexity index is 873. The fraction of sp³-hybridized carbons (Fsp3) is 0.375. The Labute approximate surface area is 148 Å². The number of halogens is 1. The lowest BCUT2D eigenvalue weighted by Crippen LogP contribution is -2.16. The van der Waals surface area contributed by atoms with Gasteiger partial charge in [0.1, 0.15) is 11.3 Å². The first-order valence-corrected chi connectivity index (χ1v) is 8.23. The molecule has 7 nitrogen and oxygen atoms in total. The van der Waals surface area contributed by atoms with E-state index in [1.165, 1.54) is 0 Å². The van der Waals surface area contributed by atoms with E-state index >= 15 is 0 Å². The molecule has 2 aromatic heterocycles. The van der Waals surface area contributed by atoms with Crippen LogP contribution in [0.1, 0.15) is 20.8 Å². The first kappa shape index (κ1) is 16.6. The number of fused-ring (bicyclic) bond motifs is 1. The van der Waals surface area contributed by atoms with Gasteiger partial charge in [-0.15, -0.1) is 5.10 Å². The second-order valence-electron chi connectivity index (χ2n) is 6.54. The van der Waals surface area contributed by atoms with Crippen LogP contribution in [0, 0.1) is 5.41 Å². The maximum absolute atomic E-state index is 5.74. The van der Waals surface area contributed by atoms with Crippen molar-refractivity contribution in [3.05, 3.63) is 28.9 Å². The molecule has 3 rings (SSSR count). The van der Waals surface area contributed by atoms with Crippen molar-refractivity contribution in [2.24, 2.45) is 5.41 Å². The molecule has 0 amide bonds. The molecule has 1 aromatic carbocycles. The number of aromatic nitrogens is 5. The standard InChI is InChI=1S/C16H18BrN5O2/c1-16(2,3)9-22-10-5-6-11(13(17)14(10)20-21-22)24-15-18-8-7-12(19-15)23-4/h5-8H,9H2,1-4H3. The normalized spacial score (nSPS) is 11.7. The van der Waals surface area contributed by atoms with Crippen molar-refractivity contribution in [3.63, 3.8) is 0 Å².